The van der Waals surface area contributed by atoms with E-state index in [0.717, 1.165) is 44.8 Å². The second kappa shape index (κ2) is 8.61. The molecule has 0 aromatic rings. The van der Waals surface area contributed by atoms with Gasteiger partial charge in [0.1, 0.15) is 0 Å². The van der Waals surface area contributed by atoms with Crippen LogP contribution in [0.1, 0.15) is 51.4 Å². The van der Waals surface area contributed by atoms with Gasteiger partial charge in [-0.1, -0.05) is 12.8 Å². The van der Waals surface area contributed by atoms with E-state index < -0.39 is 12.7 Å². The molecule has 2 saturated heterocycles. The number of nitrogens with one attached hydrogen (secondary N) is 2. The maximum atomic E-state index is 12.5. The third kappa shape index (κ3) is 4.53. The van der Waals surface area contributed by atoms with Crippen LogP contribution in [0.3, 0.4) is 0 Å². The Labute approximate surface area is 171 Å². The van der Waals surface area contributed by atoms with Gasteiger partial charge in [0.15, 0.2) is 5.96 Å². The molecule has 0 amide bonds. The highest BCUT2D eigenvalue weighted by atomic mass is 19.4. The zero-order valence-electron chi connectivity index (χ0n) is 17.4. The van der Waals surface area contributed by atoms with Crippen molar-refractivity contribution in [2.45, 2.75) is 69.7 Å². The predicted octanol–water partition coefficient (Wildman–Crippen LogP) is 3.16. The molecule has 0 aromatic heterocycles. The zero-order valence-corrected chi connectivity index (χ0v) is 17.4. The van der Waals surface area contributed by atoms with E-state index in [1.807, 2.05) is 7.05 Å². The van der Waals surface area contributed by atoms with Gasteiger partial charge < -0.3 is 15.4 Å². The van der Waals surface area contributed by atoms with Crippen molar-refractivity contribution in [2.75, 3.05) is 39.8 Å². The van der Waals surface area contributed by atoms with E-state index in [0.29, 0.717) is 42.5 Å². The lowest BCUT2D eigenvalue weighted by atomic mass is 9.54. The average molecular weight is 417 g/mol. The second-order valence-electron chi connectivity index (χ2n) is 9.43. The monoisotopic (exact) mass is 416 g/mol. The van der Waals surface area contributed by atoms with Crippen LogP contribution in [-0.2, 0) is 4.74 Å². The molecule has 0 aromatic carbocycles. The number of rotatable bonds is 5. The minimum absolute atomic E-state index is 0.296. The molecule has 3 unspecified atom stereocenters. The SMILES string of the molecule is CN=C(NCCC1CCN(CC(F)(F)F)CC1)NC1C2CCOC2C12CCCC2. The van der Waals surface area contributed by atoms with Crippen molar-refractivity contribution in [2.24, 2.45) is 22.2 Å². The van der Waals surface area contributed by atoms with E-state index in [1.54, 1.807) is 0 Å². The van der Waals surface area contributed by atoms with Crippen molar-refractivity contribution in [1.82, 2.24) is 15.5 Å². The quantitative estimate of drug-likeness (QED) is 0.534. The van der Waals surface area contributed by atoms with Crippen LogP contribution in [0, 0.1) is 17.3 Å². The van der Waals surface area contributed by atoms with Gasteiger partial charge in [-0.05, 0) is 57.5 Å². The molecule has 4 fully saturated rings. The molecular weight excluding hydrogens is 381 g/mol. The Hall–Kier alpha value is -1.02. The highest BCUT2D eigenvalue weighted by Crippen LogP contribution is 2.60. The van der Waals surface area contributed by atoms with Gasteiger partial charge in [0.2, 0.25) is 0 Å². The summed E-state index contributed by atoms with van der Waals surface area (Å²) in [4.78, 5) is 5.96. The summed E-state index contributed by atoms with van der Waals surface area (Å²) in [5.74, 6) is 1.95. The van der Waals surface area contributed by atoms with Crippen LogP contribution >= 0.6 is 0 Å². The Morgan fingerprint density at radius 1 is 1.17 bits per heavy atom. The summed E-state index contributed by atoms with van der Waals surface area (Å²) in [5, 5.41) is 7.16. The number of hydrogen-bond donors (Lipinski definition) is 2. The number of halogens is 3. The summed E-state index contributed by atoms with van der Waals surface area (Å²) in [6.07, 6.45) is 5.24. The third-order valence-electron chi connectivity index (χ3n) is 7.76. The van der Waals surface area contributed by atoms with Crippen molar-refractivity contribution >= 4 is 5.96 Å². The molecule has 4 rings (SSSR count). The van der Waals surface area contributed by atoms with E-state index in [-0.39, 0.29) is 0 Å². The standard InChI is InChI=1S/C21H35F3N4O/c1-25-19(26-10-4-15-5-11-28(12-6-15)14-21(22,23)24)27-17-16-7-13-29-18(16)20(17)8-2-3-9-20/h15-18H,2-14H2,1H3,(H2,25,26,27). The number of alkyl halides is 3. The van der Waals surface area contributed by atoms with E-state index in [9.17, 15) is 13.2 Å². The lowest BCUT2D eigenvalue weighted by Crippen LogP contribution is -2.69. The topological polar surface area (TPSA) is 48.9 Å². The Kier molecular flexibility index (Phi) is 6.30. The lowest BCUT2D eigenvalue weighted by Gasteiger charge is -2.57. The van der Waals surface area contributed by atoms with Gasteiger partial charge in [0, 0.05) is 37.6 Å². The molecule has 2 aliphatic heterocycles. The fraction of sp³-hybridized carbons (Fsp3) is 0.952. The average Bonchev–Trinajstić information content (AvgIpc) is 3.33. The number of guanidine groups is 1. The molecular formula is C21H35F3N4O. The van der Waals surface area contributed by atoms with Crippen LogP contribution in [0.25, 0.3) is 0 Å². The molecule has 2 saturated carbocycles. The molecule has 4 aliphatic rings. The third-order valence-corrected chi connectivity index (χ3v) is 7.76. The van der Waals surface area contributed by atoms with Crippen LogP contribution in [0.5, 0.6) is 0 Å². The molecule has 1 spiro atoms. The summed E-state index contributed by atoms with van der Waals surface area (Å²) in [6.45, 7) is 2.02. The molecule has 166 valence electrons. The van der Waals surface area contributed by atoms with Gasteiger partial charge in [-0.15, -0.1) is 0 Å². The van der Waals surface area contributed by atoms with Gasteiger partial charge >= 0.3 is 6.18 Å². The van der Waals surface area contributed by atoms with Crippen molar-refractivity contribution in [3.8, 4) is 0 Å². The van der Waals surface area contributed by atoms with Gasteiger partial charge in [0.25, 0.3) is 0 Å². The van der Waals surface area contributed by atoms with Gasteiger partial charge in [-0.25, -0.2) is 0 Å². The Balaban J connectivity index is 1.20. The van der Waals surface area contributed by atoms with E-state index in [4.69, 9.17) is 4.74 Å². The van der Waals surface area contributed by atoms with E-state index >= 15 is 0 Å². The Morgan fingerprint density at radius 2 is 1.90 bits per heavy atom. The van der Waals surface area contributed by atoms with Crippen LogP contribution in [0.4, 0.5) is 13.2 Å². The van der Waals surface area contributed by atoms with Crippen LogP contribution in [-0.4, -0.2) is 69.0 Å². The molecule has 8 heteroatoms. The number of likely N-dealkylation sites (tertiary alicyclic amines) is 1. The number of nitrogens with zero attached hydrogens (tertiary/aromatic N) is 2. The number of fused-ring (bicyclic) bond motifs is 2. The first-order chi connectivity index (χ1) is 13.9. The van der Waals surface area contributed by atoms with Crippen molar-refractivity contribution < 1.29 is 17.9 Å². The maximum absolute atomic E-state index is 12.5. The van der Waals surface area contributed by atoms with Gasteiger partial charge in [0.05, 0.1) is 12.6 Å². The molecule has 0 radical (unpaired) electrons. The number of hydrogen-bond acceptors (Lipinski definition) is 3. The van der Waals surface area contributed by atoms with Gasteiger partial charge in [-0.2, -0.15) is 13.2 Å². The first kappa shape index (κ1) is 21.2. The van der Waals surface area contributed by atoms with Gasteiger partial charge in [-0.3, -0.25) is 9.89 Å². The molecule has 5 nitrogen and oxygen atoms in total. The summed E-state index contributed by atoms with van der Waals surface area (Å²) >= 11 is 0. The summed E-state index contributed by atoms with van der Waals surface area (Å²) in [5.41, 5.74) is 0.296. The maximum Gasteiger partial charge on any atom is 0.401 e. The largest absolute Gasteiger partial charge is 0.401 e. The molecule has 29 heavy (non-hydrogen) atoms. The van der Waals surface area contributed by atoms with Crippen molar-refractivity contribution in [3.63, 3.8) is 0 Å². The smallest absolute Gasteiger partial charge is 0.377 e. The molecule has 3 atom stereocenters. The normalized spacial score (nSPS) is 33.0. The first-order valence-electron chi connectivity index (χ1n) is 11.3. The minimum atomic E-state index is -4.09. The molecule has 2 heterocycles. The number of piperidine rings is 1. The summed E-state index contributed by atoms with van der Waals surface area (Å²) in [7, 11) is 1.81. The summed E-state index contributed by atoms with van der Waals surface area (Å²) in [6, 6.07) is 0.453. The minimum Gasteiger partial charge on any atom is -0.377 e. The second-order valence-corrected chi connectivity index (χ2v) is 9.43. The zero-order chi connectivity index (χ0) is 20.5. The fourth-order valence-corrected chi connectivity index (χ4v) is 6.33. The van der Waals surface area contributed by atoms with Crippen LogP contribution < -0.4 is 10.6 Å². The Morgan fingerprint density at radius 3 is 2.55 bits per heavy atom. The summed E-state index contributed by atoms with van der Waals surface area (Å²) < 4.78 is 43.6. The highest BCUT2D eigenvalue weighted by molar-refractivity contribution is 5.80. The number of ether oxygens (including phenoxy) is 1. The first-order valence-corrected chi connectivity index (χ1v) is 11.3. The molecule has 2 aliphatic carbocycles. The molecule has 0 bridgehead atoms. The molecule has 2 N–H and O–H groups in total. The highest BCUT2D eigenvalue weighted by Gasteiger charge is 2.65. The number of aliphatic imine (C=N–C) groups is 1. The Bertz CT molecular complexity index is 583. The van der Waals surface area contributed by atoms with E-state index in [1.165, 1.54) is 30.6 Å². The predicted molar refractivity (Wildman–Crippen MR) is 107 cm³/mol. The van der Waals surface area contributed by atoms with Crippen molar-refractivity contribution in [3.05, 3.63) is 0 Å². The van der Waals surface area contributed by atoms with Crippen molar-refractivity contribution in [1.29, 1.82) is 0 Å². The van der Waals surface area contributed by atoms with Crippen LogP contribution in [0.2, 0.25) is 0 Å². The van der Waals surface area contributed by atoms with E-state index in [2.05, 4.69) is 15.6 Å². The van der Waals surface area contributed by atoms with Crippen LogP contribution in [0.15, 0.2) is 4.99 Å². The lowest BCUT2D eigenvalue weighted by molar-refractivity contribution is -0.148. The fourth-order valence-electron chi connectivity index (χ4n) is 6.33.